The Balaban J connectivity index is 4.15. The lowest BCUT2D eigenvalue weighted by Crippen LogP contribution is -2.37. The summed E-state index contributed by atoms with van der Waals surface area (Å²) in [6, 6.07) is 0. The van der Waals surface area contributed by atoms with E-state index in [0.29, 0.717) is 17.4 Å². The van der Waals surface area contributed by atoms with Gasteiger partial charge in [-0.1, -0.05) is 232 Å². The third-order valence-electron chi connectivity index (χ3n) is 11.6. The van der Waals surface area contributed by atoms with Gasteiger partial charge in [-0.25, -0.2) is 4.57 Å². The van der Waals surface area contributed by atoms with E-state index in [1.807, 2.05) is 21.1 Å². The lowest BCUT2D eigenvalue weighted by Gasteiger charge is -2.24. The maximum absolute atomic E-state index is 12.7. The summed E-state index contributed by atoms with van der Waals surface area (Å²) in [5.41, 5.74) is 0. The molecule has 0 aromatic heterocycles. The molecule has 1 N–H and O–H groups in total. The average molecular weight is 875 g/mol. The molecule has 1 unspecified atom stereocenters. The molecule has 0 aliphatic heterocycles. The van der Waals surface area contributed by atoms with Crippen molar-refractivity contribution in [2.75, 3.05) is 47.5 Å². The number of phosphoric ester groups is 1. The molecule has 0 heterocycles. The van der Waals surface area contributed by atoms with Gasteiger partial charge in [-0.05, 0) is 12.8 Å². The van der Waals surface area contributed by atoms with Gasteiger partial charge in [0, 0.05) is 12.8 Å². The number of hydrogen-bond acceptors (Lipinski definition) is 7. The molecule has 0 spiro atoms. The second-order valence-electron chi connectivity index (χ2n) is 18.9. The van der Waals surface area contributed by atoms with Crippen LogP contribution in [0.15, 0.2) is 0 Å². The quantitative estimate of drug-likeness (QED) is 0.0279. The van der Waals surface area contributed by atoms with Crippen molar-refractivity contribution in [1.82, 2.24) is 0 Å². The number of nitrogens with zero attached hydrogens (tertiary/aromatic N) is 1. The second kappa shape index (κ2) is 43.3. The zero-order valence-electron chi connectivity index (χ0n) is 40.5. The molecule has 2 atom stereocenters. The van der Waals surface area contributed by atoms with Crippen molar-refractivity contribution < 1.29 is 42.1 Å². The molecule has 10 heteroatoms. The zero-order valence-corrected chi connectivity index (χ0v) is 41.4. The summed E-state index contributed by atoms with van der Waals surface area (Å²) in [4.78, 5) is 35.5. The monoisotopic (exact) mass is 875 g/mol. The van der Waals surface area contributed by atoms with E-state index in [1.165, 1.54) is 193 Å². The van der Waals surface area contributed by atoms with E-state index >= 15 is 0 Å². The molecule has 0 aromatic carbocycles. The van der Waals surface area contributed by atoms with Crippen molar-refractivity contribution in [1.29, 1.82) is 0 Å². The number of quaternary nitrogens is 1. The summed E-state index contributed by atoms with van der Waals surface area (Å²) in [5.74, 6) is -0.778. The van der Waals surface area contributed by atoms with Crippen molar-refractivity contribution in [3.05, 3.63) is 0 Å². The predicted octanol–water partition coefficient (Wildman–Crippen LogP) is 15.1. The first-order valence-electron chi connectivity index (χ1n) is 25.8. The van der Waals surface area contributed by atoms with Crippen LogP contribution in [0.1, 0.15) is 258 Å². The Bertz CT molecular complexity index is 990. The molecule has 358 valence electrons. The van der Waals surface area contributed by atoms with E-state index in [2.05, 4.69) is 13.8 Å². The number of carbonyl (C=O) groups excluding carboxylic acids is 2. The number of esters is 2. The lowest BCUT2D eigenvalue weighted by atomic mass is 10.0. The SMILES string of the molecule is CCCCCCCCCCCCCCCCCCCCCCCCC(=O)OC[C@H](COP(=O)(O)OCC[N+](C)(C)C)OC(=O)CCCCCCCCCCCCCCCC. The number of ether oxygens (including phenoxy) is 2. The highest BCUT2D eigenvalue weighted by Crippen LogP contribution is 2.43. The van der Waals surface area contributed by atoms with Gasteiger partial charge in [0.2, 0.25) is 0 Å². The number of hydrogen-bond donors (Lipinski definition) is 1. The fourth-order valence-corrected chi connectivity index (χ4v) is 8.35. The number of likely N-dealkylation sites (N-methyl/N-ethyl adjacent to an activating group) is 1. The minimum absolute atomic E-state index is 0.0371. The first-order valence-corrected chi connectivity index (χ1v) is 27.3. The molecular weight excluding hydrogens is 774 g/mol. The van der Waals surface area contributed by atoms with Crippen molar-refractivity contribution >= 4 is 19.8 Å². The topological polar surface area (TPSA) is 108 Å². The fourth-order valence-electron chi connectivity index (χ4n) is 7.61. The summed E-state index contributed by atoms with van der Waals surface area (Å²) in [6.07, 6.45) is 45.8. The van der Waals surface area contributed by atoms with Crippen LogP contribution < -0.4 is 0 Å². The Kier molecular flexibility index (Phi) is 42.6. The normalized spacial score (nSPS) is 13.4. The minimum atomic E-state index is -4.37. The molecule has 60 heavy (non-hydrogen) atoms. The van der Waals surface area contributed by atoms with Crippen molar-refractivity contribution in [3.63, 3.8) is 0 Å². The third-order valence-corrected chi connectivity index (χ3v) is 12.6. The van der Waals surface area contributed by atoms with Gasteiger partial charge < -0.3 is 18.9 Å². The van der Waals surface area contributed by atoms with Crippen LogP contribution in [-0.2, 0) is 32.7 Å². The first kappa shape index (κ1) is 59.0. The van der Waals surface area contributed by atoms with E-state index in [1.54, 1.807) is 0 Å². The number of phosphoric acid groups is 1. The molecule has 9 nitrogen and oxygen atoms in total. The van der Waals surface area contributed by atoms with Crippen LogP contribution >= 0.6 is 7.82 Å². The Labute approximate surface area is 372 Å². The highest BCUT2D eigenvalue weighted by Gasteiger charge is 2.27. The maximum Gasteiger partial charge on any atom is 0.472 e. The van der Waals surface area contributed by atoms with Crippen molar-refractivity contribution in [2.45, 2.75) is 264 Å². The third kappa shape index (κ3) is 46.5. The van der Waals surface area contributed by atoms with Gasteiger partial charge in [0.1, 0.15) is 19.8 Å². The van der Waals surface area contributed by atoms with Gasteiger partial charge in [-0.3, -0.25) is 18.6 Å². The molecule has 0 saturated heterocycles. The van der Waals surface area contributed by atoms with Crippen LogP contribution in [0.25, 0.3) is 0 Å². The first-order chi connectivity index (χ1) is 29.0. The smallest absolute Gasteiger partial charge is 0.462 e. The van der Waals surface area contributed by atoms with Crippen LogP contribution in [-0.4, -0.2) is 74.9 Å². The number of rotatable bonds is 48. The van der Waals surface area contributed by atoms with Gasteiger partial charge >= 0.3 is 19.8 Å². The summed E-state index contributed by atoms with van der Waals surface area (Å²) < 4.78 is 34.4. The van der Waals surface area contributed by atoms with E-state index in [4.69, 9.17) is 18.5 Å². The largest absolute Gasteiger partial charge is 0.472 e. The molecule has 0 radical (unpaired) electrons. The summed E-state index contributed by atoms with van der Waals surface area (Å²) in [6.45, 7) is 4.48. The van der Waals surface area contributed by atoms with Gasteiger partial charge in [0.25, 0.3) is 0 Å². The summed E-state index contributed by atoms with van der Waals surface area (Å²) in [7, 11) is 1.50. The Morgan fingerprint density at radius 3 is 1.07 bits per heavy atom. The predicted molar refractivity (Wildman–Crippen MR) is 252 cm³/mol. The molecule has 0 aliphatic carbocycles. The molecule has 0 rings (SSSR count). The summed E-state index contributed by atoms with van der Waals surface area (Å²) >= 11 is 0. The highest BCUT2D eigenvalue weighted by molar-refractivity contribution is 7.47. The molecule has 0 fully saturated rings. The maximum atomic E-state index is 12.7. The van der Waals surface area contributed by atoms with Gasteiger partial charge in [-0.15, -0.1) is 0 Å². The zero-order chi connectivity index (χ0) is 44.3. The average Bonchev–Trinajstić information content (AvgIpc) is 3.20. The van der Waals surface area contributed by atoms with Crippen LogP contribution in [0.5, 0.6) is 0 Å². The van der Waals surface area contributed by atoms with E-state index in [-0.39, 0.29) is 25.6 Å². The van der Waals surface area contributed by atoms with Gasteiger partial charge in [0.05, 0.1) is 27.7 Å². The molecular formula is C50H101NO8P+. The van der Waals surface area contributed by atoms with Crippen molar-refractivity contribution in [2.24, 2.45) is 0 Å². The lowest BCUT2D eigenvalue weighted by molar-refractivity contribution is -0.870. The van der Waals surface area contributed by atoms with E-state index in [0.717, 1.165) is 38.5 Å². The van der Waals surface area contributed by atoms with Crippen LogP contribution in [0.3, 0.4) is 0 Å². The Morgan fingerprint density at radius 2 is 0.750 bits per heavy atom. The van der Waals surface area contributed by atoms with Crippen LogP contribution in [0.4, 0.5) is 0 Å². The molecule has 0 aromatic rings. The summed E-state index contributed by atoms with van der Waals surface area (Å²) in [5, 5.41) is 0. The molecule has 0 saturated carbocycles. The van der Waals surface area contributed by atoms with E-state index < -0.39 is 26.5 Å². The Hall–Kier alpha value is -0.990. The Morgan fingerprint density at radius 1 is 0.450 bits per heavy atom. The number of unbranched alkanes of at least 4 members (excludes halogenated alkanes) is 34. The van der Waals surface area contributed by atoms with Gasteiger partial charge in [0.15, 0.2) is 6.10 Å². The second-order valence-corrected chi connectivity index (χ2v) is 20.4. The highest BCUT2D eigenvalue weighted by atomic mass is 31.2. The van der Waals surface area contributed by atoms with E-state index in [9.17, 15) is 19.0 Å². The van der Waals surface area contributed by atoms with Crippen molar-refractivity contribution in [3.8, 4) is 0 Å². The molecule has 0 aliphatic rings. The number of carbonyl (C=O) groups is 2. The van der Waals surface area contributed by atoms with Gasteiger partial charge in [-0.2, -0.15) is 0 Å². The standard InChI is InChI=1S/C50H100NO8P/c1-6-8-10-12-14-16-18-20-22-23-24-25-26-27-28-29-31-32-34-36-38-40-42-49(52)56-46-48(47-58-60(54,55)57-45-44-51(3,4)5)59-50(53)43-41-39-37-35-33-30-21-19-17-15-13-11-9-7-2/h48H,6-47H2,1-5H3/p+1/t48-/m1/s1. The van der Waals surface area contributed by atoms with Crippen LogP contribution in [0, 0.1) is 0 Å². The van der Waals surface area contributed by atoms with Crippen LogP contribution in [0.2, 0.25) is 0 Å². The molecule has 0 amide bonds. The minimum Gasteiger partial charge on any atom is -0.462 e. The fraction of sp³-hybridized carbons (Fsp3) is 0.960. The molecule has 0 bridgehead atoms.